The number of benzene rings is 1. The van der Waals surface area contributed by atoms with Crippen molar-refractivity contribution in [3.63, 3.8) is 0 Å². The maximum atomic E-state index is 13.0. The Kier molecular flexibility index (Phi) is 4.08. The first-order chi connectivity index (χ1) is 9.22. The van der Waals surface area contributed by atoms with Gasteiger partial charge in [0.05, 0.1) is 11.4 Å². The lowest BCUT2D eigenvalue weighted by molar-refractivity contribution is 0.600. The van der Waals surface area contributed by atoms with Crippen LogP contribution < -0.4 is 4.72 Å². The van der Waals surface area contributed by atoms with Gasteiger partial charge in [0.1, 0.15) is 15.9 Å². The second kappa shape index (κ2) is 5.34. The molecule has 0 fully saturated rings. The van der Waals surface area contributed by atoms with Crippen LogP contribution in [0.1, 0.15) is 5.69 Å². The summed E-state index contributed by atoms with van der Waals surface area (Å²) in [7, 11) is -2.36. The van der Waals surface area contributed by atoms with Crippen LogP contribution in [-0.4, -0.2) is 18.2 Å². The van der Waals surface area contributed by atoms with E-state index in [4.69, 9.17) is 11.6 Å². The molecule has 20 heavy (non-hydrogen) atoms. The first kappa shape index (κ1) is 15.3. The smallest absolute Gasteiger partial charge is 0.266 e. The molecule has 0 bridgehead atoms. The van der Waals surface area contributed by atoms with Gasteiger partial charge in [-0.2, -0.15) is 5.10 Å². The Hall–Kier alpha value is -1.12. The third-order valence-corrected chi connectivity index (χ3v) is 5.26. The van der Waals surface area contributed by atoms with Crippen molar-refractivity contribution in [2.75, 3.05) is 4.72 Å². The molecule has 0 aliphatic rings. The van der Waals surface area contributed by atoms with E-state index in [0.717, 1.165) is 12.1 Å². The first-order valence-electron chi connectivity index (χ1n) is 5.39. The number of aromatic nitrogens is 2. The molecule has 0 atom stereocenters. The molecule has 1 heterocycles. The maximum Gasteiger partial charge on any atom is 0.266 e. The molecule has 1 N–H and O–H groups in total. The second-order valence-electron chi connectivity index (χ2n) is 4.06. The van der Waals surface area contributed by atoms with E-state index in [0.29, 0.717) is 4.47 Å². The van der Waals surface area contributed by atoms with E-state index >= 15 is 0 Å². The fraction of sp³-hybridized carbons (Fsp3) is 0.182. The second-order valence-corrected chi connectivity index (χ2v) is 6.89. The Morgan fingerprint density at radius 3 is 2.60 bits per heavy atom. The van der Waals surface area contributed by atoms with Gasteiger partial charge in [-0.15, -0.1) is 0 Å². The Morgan fingerprint density at radius 1 is 1.45 bits per heavy atom. The highest BCUT2D eigenvalue weighted by atomic mass is 79.9. The third kappa shape index (κ3) is 2.82. The Morgan fingerprint density at radius 2 is 2.10 bits per heavy atom. The summed E-state index contributed by atoms with van der Waals surface area (Å²) in [5.41, 5.74) is 0.494. The van der Waals surface area contributed by atoms with Gasteiger partial charge in [-0.05, 0) is 41.1 Å². The Balaban J connectivity index is 2.46. The largest absolute Gasteiger partial charge is 0.278 e. The minimum atomic E-state index is -3.91. The van der Waals surface area contributed by atoms with Gasteiger partial charge in [-0.3, -0.25) is 9.40 Å². The molecule has 0 saturated heterocycles. The number of halogens is 3. The van der Waals surface area contributed by atoms with Crippen molar-refractivity contribution >= 4 is 43.2 Å². The van der Waals surface area contributed by atoms with E-state index in [9.17, 15) is 12.8 Å². The van der Waals surface area contributed by atoms with Crippen molar-refractivity contribution in [2.24, 2.45) is 7.05 Å². The van der Waals surface area contributed by atoms with Crippen LogP contribution in [0.4, 0.5) is 10.1 Å². The van der Waals surface area contributed by atoms with Gasteiger partial charge < -0.3 is 0 Å². The van der Waals surface area contributed by atoms with Crippen LogP contribution in [0.3, 0.4) is 0 Å². The van der Waals surface area contributed by atoms with Gasteiger partial charge in [-0.25, -0.2) is 12.8 Å². The lowest BCUT2D eigenvalue weighted by Gasteiger charge is -2.09. The zero-order chi connectivity index (χ0) is 15.1. The van der Waals surface area contributed by atoms with Crippen molar-refractivity contribution < 1.29 is 12.8 Å². The van der Waals surface area contributed by atoms with Crippen molar-refractivity contribution in [3.05, 3.63) is 39.3 Å². The van der Waals surface area contributed by atoms with Crippen LogP contribution >= 0.6 is 27.5 Å². The zero-order valence-corrected chi connectivity index (χ0v) is 13.6. The number of anilines is 1. The predicted octanol–water partition coefficient (Wildman–Crippen LogP) is 3.08. The summed E-state index contributed by atoms with van der Waals surface area (Å²) in [5.74, 6) is -0.476. The summed E-state index contributed by atoms with van der Waals surface area (Å²) >= 11 is 9.03. The number of sulfonamides is 1. The number of aryl methyl sites for hydroxylation is 2. The molecular formula is C11H10BrClFN3O2S. The average Bonchev–Trinajstić information content (AvgIpc) is 2.57. The summed E-state index contributed by atoms with van der Waals surface area (Å²) in [6, 6.07) is 3.63. The highest BCUT2D eigenvalue weighted by molar-refractivity contribution is 9.10. The van der Waals surface area contributed by atoms with Crippen LogP contribution in [0.2, 0.25) is 5.15 Å². The third-order valence-electron chi connectivity index (χ3n) is 2.54. The first-order valence-corrected chi connectivity index (χ1v) is 8.05. The fourth-order valence-corrected chi connectivity index (χ4v) is 4.10. The van der Waals surface area contributed by atoms with Crippen LogP contribution in [0.15, 0.2) is 27.6 Å². The molecule has 108 valence electrons. The van der Waals surface area contributed by atoms with Gasteiger partial charge in [0.15, 0.2) is 0 Å². The van der Waals surface area contributed by atoms with E-state index < -0.39 is 15.8 Å². The topological polar surface area (TPSA) is 64.0 Å². The monoisotopic (exact) mass is 381 g/mol. The highest BCUT2D eigenvalue weighted by Crippen LogP contribution is 2.29. The summed E-state index contributed by atoms with van der Waals surface area (Å²) < 4.78 is 41.6. The molecule has 2 rings (SSSR count). The molecule has 0 aliphatic carbocycles. The molecule has 0 amide bonds. The van der Waals surface area contributed by atoms with E-state index in [-0.39, 0.29) is 21.4 Å². The number of hydrogen-bond donors (Lipinski definition) is 1. The van der Waals surface area contributed by atoms with E-state index in [1.165, 1.54) is 10.7 Å². The van der Waals surface area contributed by atoms with Crippen LogP contribution in [0.25, 0.3) is 0 Å². The summed E-state index contributed by atoms with van der Waals surface area (Å²) in [4.78, 5) is -0.0992. The minimum absolute atomic E-state index is 0.00762. The van der Waals surface area contributed by atoms with Crippen LogP contribution in [0, 0.1) is 12.7 Å². The van der Waals surface area contributed by atoms with Crippen LogP contribution in [0.5, 0.6) is 0 Å². The quantitative estimate of drug-likeness (QED) is 0.887. The fourth-order valence-electron chi connectivity index (χ4n) is 1.68. The number of hydrogen-bond acceptors (Lipinski definition) is 3. The van der Waals surface area contributed by atoms with Crippen molar-refractivity contribution in [3.8, 4) is 0 Å². The standard InChI is InChI=1S/C11H10BrClFN3O2S/c1-6-10(11(13)17(2)15-6)20(18,19)16-9-4-3-7(14)5-8(9)12/h3-5,16H,1-2H3. The van der Waals surface area contributed by atoms with Gasteiger partial charge in [0.25, 0.3) is 10.0 Å². The molecule has 0 aliphatic heterocycles. The summed E-state index contributed by atoms with van der Waals surface area (Å²) in [5, 5.41) is 3.96. The van der Waals surface area contributed by atoms with Crippen molar-refractivity contribution in [1.82, 2.24) is 9.78 Å². The van der Waals surface area contributed by atoms with Gasteiger partial charge in [-0.1, -0.05) is 11.6 Å². The zero-order valence-electron chi connectivity index (χ0n) is 10.5. The Bertz CT molecular complexity index is 776. The lowest BCUT2D eigenvalue weighted by Crippen LogP contribution is -2.14. The number of rotatable bonds is 3. The van der Waals surface area contributed by atoms with Crippen molar-refractivity contribution in [1.29, 1.82) is 0 Å². The van der Waals surface area contributed by atoms with Gasteiger partial charge in [0.2, 0.25) is 0 Å². The predicted molar refractivity (Wildman–Crippen MR) is 77.9 cm³/mol. The molecule has 1 aromatic heterocycles. The lowest BCUT2D eigenvalue weighted by atomic mass is 10.3. The van der Waals surface area contributed by atoms with E-state index in [2.05, 4.69) is 25.8 Å². The number of nitrogens with one attached hydrogen (secondary N) is 1. The average molecular weight is 383 g/mol. The van der Waals surface area contributed by atoms with Crippen LogP contribution in [-0.2, 0) is 17.1 Å². The molecular weight excluding hydrogens is 373 g/mol. The Labute approximate surface area is 128 Å². The van der Waals surface area contributed by atoms with Crippen molar-refractivity contribution in [2.45, 2.75) is 11.8 Å². The molecule has 0 spiro atoms. The molecule has 0 unspecified atom stereocenters. The summed E-state index contributed by atoms with van der Waals surface area (Å²) in [6.45, 7) is 1.54. The molecule has 9 heteroatoms. The van der Waals surface area contributed by atoms with E-state index in [1.54, 1.807) is 14.0 Å². The van der Waals surface area contributed by atoms with Gasteiger partial charge in [0, 0.05) is 11.5 Å². The maximum absolute atomic E-state index is 13.0. The van der Waals surface area contributed by atoms with Gasteiger partial charge >= 0.3 is 0 Å². The number of nitrogens with zero attached hydrogens (tertiary/aromatic N) is 2. The molecule has 2 aromatic rings. The molecule has 0 saturated carbocycles. The molecule has 1 aromatic carbocycles. The normalized spacial score (nSPS) is 11.7. The SMILES string of the molecule is Cc1nn(C)c(Cl)c1S(=O)(=O)Nc1ccc(F)cc1Br. The minimum Gasteiger partial charge on any atom is -0.278 e. The highest BCUT2D eigenvalue weighted by Gasteiger charge is 2.25. The summed E-state index contributed by atoms with van der Waals surface area (Å²) in [6.07, 6.45) is 0. The molecule has 5 nitrogen and oxygen atoms in total. The van der Waals surface area contributed by atoms with E-state index in [1.807, 2.05) is 0 Å². The molecule has 0 radical (unpaired) electrons.